The van der Waals surface area contributed by atoms with Crippen molar-refractivity contribution in [3.8, 4) is 0 Å². The SMILES string of the molecule is CCOC(=O)Cn1cc(N2C(=O)c3ccccc3C2=O)nn1. The highest BCUT2D eigenvalue weighted by molar-refractivity contribution is 6.34. The van der Waals surface area contributed by atoms with Crippen LogP contribution in [0.15, 0.2) is 30.5 Å². The lowest BCUT2D eigenvalue weighted by Crippen LogP contribution is -2.29. The highest BCUT2D eigenvalue weighted by Gasteiger charge is 2.37. The summed E-state index contributed by atoms with van der Waals surface area (Å²) in [7, 11) is 0. The molecule has 0 radical (unpaired) electrons. The molecule has 0 spiro atoms. The van der Waals surface area contributed by atoms with Crippen molar-refractivity contribution in [3.63, 3.8) is 0 Å². The Morgan fingerprint density at radius 3 is 2.41 bits per heavy atom. The summed E-state index contributed by atoms with van der Waals surface area (Å²) in [5.41, 5.74) is 0.653. The van der Waals surface area contributed by atoms with Crippen LogP contribution in [0.25, 0.3) is 0 Å². The van der Waals surface area contributed by atoms with Gasteiger partial charge in [0.15, 0.2) is 5.82 Å². The number of amides is 2. The van der Waals surface area contributed by atoms with Gasteiger partial charge >= 0.3 is 5.97 Å². The fourth-order valence-corrected chi connectivity index (χ4v) is 2.20. The number of imide groups is 1. The Labute approximate surface area is 125 Å². The van der Waals surface area contributed by atoms with E-state index in [1.807, 2.05) is 0 Å². The van der Waals surface area contributed by atoms with E-state index in [-0.39, 0.29) is 19.0 Å². The van der Waals surface area contributed by atoms with Gasteiger partial charge in [-0.05, 0) is 19.1 Å². The minimum absolute atomic E-state index is 0.0792. The normalized spacial score (nSPS) is 13.4. The molecule has 0 unspecified atom stereocenters. The third kappa shape index (κ3) is 2.24. The molecule has 0 N–H and O–H groups in total. The van der Waals surface area contributed by atoms with Gasteiger partial charge in [0, 0.05) is 0 Å². The predicted octanol–water partition coefficient (Wildman–Crippen LogP) is 0.642. The number of anilines is 1. The number of carbonyl (C=O) groups excluding carboxylic acids is 3. The number of ether oxygens (including phenoxy) is 1. The molecule has 112 valence electrons. The van der Waals surface area contributed by atoms with Crippen molar-refractivity contribution in [1.29, 1.82) is 0 Å². The third-order valence-electron chi connectivity index (χ3n) is 3.15. The summed E-state index contributed by atoms with van der Waals surface area (Å²) in [6, 6.07) is 6.54. The van der Waals surface area contributed by atoms with Crippen LogP contribution in [-0.4, -0.2) is 39.4 Å². The standard InChI is InChI=1S/C14H12N4O4/c1-2-22-12(19)8-17-7-11(15-16-17)18-13(20)9-5-3-4-6-10(9)14(18)21/h3-7H,2,8H2,1H3. The van der Waals surface area contributed by atoms with Crippen LogP contribution in [0, 0.1) is 0 Å². The van der Waals surface area contributed by atoms with Crippen LogP contribution in [0.1, 0.15) is 27.6 Å². The van der Waals surface area contributed by atoms with Gasteiger partial charge in [-0.2, -0.15) is 0 Å². The largest absolute Gasteiger partial charge is 0.465 e. The van der Waals surface area contributed by atoms with Crippen molar-refractivity contribution in [1.82, 2.24) is 15.0 Å². The number of rotatable bonds is 4. The number of hydrogen-bond acceptors (Lipinski definition) is 6. The molecule has 8 heteroatoms. The Kier molecular flexibility index (Phi) is 3.42. The van der Waals surface area contributed by atoms with Crippen LogP contribution in [0.3, 0.4) is 0 Å². The minimum Gasteiger partial charge on any atom is -0.465 e. The van der Waals surface area contributed by atoms with Crippen molar-refractivity contribution < 1.29 is 19.1 Å². The maximum Gasteiger partial charge on any atom is 0.327 e. The van der Waals surface area contributed by atoms with Crippen molar-refractivity contribution in [2.24, 2.45) is 0 Å². The zero-order valence-electron chi connectivity index (χ0n) is 11.7. The molecule has 3 rings (SSSR count). The van der Waals surface area contributed by atoms with Crippen LogP contribution in [0.2, 0.25) is 0 Å². The summed E-state index contributed by atoms with van der Waals surface area (Å²) in [6.07, 6.45) is 1.36. The minimum atomic E-state index is -0.471. The molecule has 0 fully saturated rings. The molecule has 0 saturated heterocycles. The van der Waals surface area contributed by atoms with E-state index in [9.17, 15) is 14.4 Å². The molecule has 2 amide bonds. The first-order valence-electron chi connectivity index (χ1n) is 6.65. The van der Waals surface area contributed by atoms with Crippen LogP contribution in [0.5, 0.6) is 0 Å². The average molecular weight is 300 g/mol. The van der Waals surface area contributed by atoms with Crippen LogP contribution < -0.4 is 4.90 Å². The van der Waals surface area contributed by atoms with Crippen LogP contribution in [-0.2, 0) is 16.1 Å². The summed E-state index contributed by atoms with van der Waals surface area (Å²) in [4.78, 5) is 36.9. The number of benzene rings is 1. The topological polar surface area (TPSA) is 94.4 Å². The van der Waals surface area contributed by atoms with Gasteiger partial charge in [-0.15, -0.1) is 5.10 Å². The molecular weight excluding hydrogens is 288 g/mol. The number of aromatic nitrogens is 3. The highest BCUT2D eigenvalue weighted by Crippen LogP contribution is 2.26. The second-order valence-corrected chi connectivity index (χ2v) is 4.57. The molecule has 1 aromatic heterocycles. The summed E-state index contributed by atoms with van der Waals surface area (Å²) < 4.78 is 6.02. The van der Waals surface area contributed by atoms with Crippen molar-refractivity contribution in [3.05, 3.63) is 41.6 Å². The Bertz CT molecular complexity index is 733. The van der Waals surface area contributed by atoms with E-state index in [0.29, 0.717) is 11.1 Å². The molecule has 1 aliphatic rings. The summed E-state index contributed by atoms with van der Waals surface area (Å²) in [6.45, 7) is 1.83. The lowest BCUT2D eigenvalue weighted by molar-refractivity contribution is -0.144. The second-order valence-electron chi connectivity index (χ2n) is 4.57. The Balaban J connectivity index is 1.85. The third-order valence-corrected chi connectivity index (χ3v) is 3.15. The van der Waals surface area contributed by atoms with Gasteiger partial charge in [0.1, 0.15) is 6.54 Å². The maximum absolute atomic E-state index is 12.3. The van der Waals surface area contributed by atoms with Gasteiger partial charge in [0.05, 0.1) is 23.9 Å². The van der Waals surface area contributed by atoms with Crippen molar-refractivity contribution in [2.45, 2.75) is 13.5 Å². The van der Waals surface area contributed by atoms with E-state index in [2.05, 4.69) is 10.3 Å². The molecule has 2 aromatic rings. The molecular formula is C14H12N4O4. The number of carbonyl (C=O) groups is 3. The van der Waals surface area contributed by atoms with Gasteiger partial charge in [0.25, 0.3) is 11.8 Å². The van der Waals surface area contributed by atoms with E-state index in [0.717, 1.165) is 4.90 Å². The fourth-order valence-electron chi connectivity index (χ4n) is 2.20. The average Bonchev–Trinajstić information content (AvgIpc) is 3.04. The molecule has 1 aliphatic heterocycles. The monoisotopic (exact) mass is 300 g/mol. The Morgan fingerprint density at radius 1 is 1.18 bits per heavy atom. The highest BCUT2D eigenvalue weighted by atomic mass is 16.5. The molecule has 1 aromatic carbocycles. The number of hydrogen-bond donors (Lipinski definition) is 0. The van der Waals surface area contributed by atoms with Gasteiger partial charge in [-0.25, -0.2) is 9.58 Å². The molecule has 2 heterocycles. The second kappa shape index (κ2) is 5.40. The zero-order valence-corrected chi connectivity index (χ0v) is 11.7. The quantitative estimate of drug-likeness (QED) is 0.607. The molecule has 0 saturated carbocycles. The number of fused-ring (bicyclic) bond motifs is 1. The first-order valence-corrected chi connectivity index (χ1v) is 6.65. The Morgan fingerprint density at radius 2 is 1.82 bits per heavy atom. The summed E-state index contributed by atoms with van der Waals surface area (Å²) in [5.74, 6) is -1.30. The first-order chi connectivity index (χ1) is 10.6. The van der Waals surface area contributed by atoms with Crippen LogP contribution >= 0.6 is 0 Å². The molecule has 0 atom stereocenters. The fraction of sp³-hybridized carbons (Fsp3) is 0.214. The molecule has 8 nitrogen and oxygen atoms in total. The smallest absolute Gasteiger partial charge is 0.327 e. The van der Waals surface area contributed by atoms with E-state index in [1.165, 1.54) is 10.9 Å². The van der Waals surface area contributed by atoms with E-state index in [1.54, 1.807) is 31.2 Å². The van der Waals surface area contributed by atoms with Gasteiger partial charge in [-0.1, -0.05) is 17.3 Å². The van der Waals surface area contributed by atoms with Crippen molar-refractivity contribution >= 4 is 23.6 Å². The van der Waals surface area contributed by atoms with E-state index < -0.39 is 17.8 Å². The lowest BCUT2D eigenvalue weighted by atomic mass is 10.1. The van der Waals surface area contributed by atoms with Crippen molar-refractivity contribution in [2.75, 3.05) is 11.5 Å². The van der Waals surface area contributed by atoms with E-state index in [4.69, 9.17) is 4.74 Å². The Hall–Kier alpha value is -3.03. The predicted molar refractivity (Wildman–Crippen MR) is 74.2 cm³/mol. The van der Waals surface area contributed by atoms with Crippen LogP contribution in [0.4, 0.5) is 5.82 Å². The zero-order chi connectivity index (χ0) is 15.7. The molecule has 22 heavy (non-hydrogen) atoms. The molecule has 0 bridgehead atoms. The first kappa shape index (κ1) is 13.9. The summed E-state index contributed by atoms with van der Waals surface area (Å²) in [5, 5.41) is 7.52. The van der Waals surface area contributed by atoms with E-state index >= 15 is 0 Å². The molecule has 0 aliphatic carbocycles. The maximum atomic E-state index is 12.3. The lowest BCUT2D eigenvalue weighted by Gasteiger charge is -2.08. The summed E-state index contributed by atoms with van der Waals surface area (Å²) >= 11 is 0. The van der Waals surface area contributed by atoms with Gasteiger partial charge < -0.3 is 4.74 Å². The van der Waals surface area contributed by atoms with Gasteiger partial charge in [0.2, 0.25) is 0 Å². The number of nitrogens with zero attached hydrogens (tertiary/aromatic N) is 4. The van der Waals surface area contributed by atoms with Gasteiger partial charge in [-0.3, -0.25) is 14.4 Å². The number of esters is 1.